The van der Waals surface area contributed by atoms with E-state index in [0.29, 0.717) is 0 Å². The first kappa shape index (κ1) is 81.3. The van der Waals surface area contributed by atoms with Crippen molar-refractivity contribution in [1.82, 2.24) is 58.5 Å². The van der Waals surface area contributed by atoms with Crippen molar-refractivity contribution in [3.63, 3.8) is 0 Å². The van der Waals surface area contributed by atoms with Crippen molar-refractivity contribution >= 4 is 107 Å². The van der Waals surface area contributed by atoms with Crippen LogP contribution in [-0.2, 0) is 86.3 Å². The zero-order valence-corrected chi connectivity index (χ0v) is 50.8. The van der Waals surface area contributed by atoms with Gasteiger partial charge in [0.2, 0.25) is 82.7 Å². The van der Waals surface area contributed by atoms with Crippen LogP contribution >= 0.6 is 0 Å². The summed E-state index contributed by atoms with van der Waals surface area (Å²) in [7, 11) is 0. The predicted octanol–water partition coefficient (Wildman–Crippen LogP) is -9.54. The highest BCUT2D eigenvalue weighted by molar-refractivity contribution is 6.00. The number of aliphatic carboxylic acids is 4. The summed E-state index contributed by atoms with van der Waals surface area (Å²) in [5.74, 6) is -23.1. The number of carbonyl (C=O) groups is 18. The summed E-state index contributed by atoms with van der Waals surface area (Å²) in [6.07, 6.45) is -9.34. The Morgan fingerprint density at radius 1 is 0.385 bits per heavy atom. The fourth-order valence-corrected chi connectivity index (χ4v) is 7.82. The van der Waals surface area contributed by atoms with Crippen LogP contribution < -0.4 is 81.4 Å². The summed E-state index contributed by atoms with van der Waals surface area (Å²) in [4.78, 5) is 229. The normalized spacial score (nSPS) is 14.9. The van der Waals surface area contributed by atoms with Crippen LogP contribution in [0.3, 0.4) is 0 Å². The molecule has 12 atom stereocenters. The maximum absolute atomic E-state index is 13.8. The minimum atomic E-state index is -2.02. The highest BCUT2D eigenvalue weighted by Gasteiger charge is 2.37. The van der Waals surface area contributed by atoms with E-state index in [-0.39, 0.29) is 6.42 Å². The molecule has 0 aromatic heterocycles. The highest BCUT2D eigenvalue weighted by atomic mass is 16.4. The number of amides is 14. The fraction of sp³-hybridized carbons (Fsp3) is 0.654. The molecule has 39 heteroatoms. The first-order chi connectivity index (χ1) is 42.2. The lowest BCUT2D eigenvalue weighted by molar-refractivity contribution is -0.140. The number of hydrogen-bond acceptors (Lipinski definition) is 21. The average Bonchev–Trinajstić information content (AvgIpc) is 2.13. The molecule has 0 fully saturated rings. The summed E-state index contributed by atoms with van der Waals surface area (Å²) in [5, 5.41) is 81.6. The van der Waals surface area contributed by atoms with Crippen LogP contribution in [0.15, 0.2) is 0 Å². The first-order valence-electron chi connectivity index (χ1n) is 28.3. The Balaban J connectivity index is 6.43. The van der Waals surface area contributed by atoms with E-state index in [4.69, 9.17) is 28.0 Å². The van der Waals surface area contributed by atoms with Crippen molar-refractivity contribution in [2.24, 2.45) is 34.8 Å². The maximum Gasteiger partial charge on any atom is 0.303 e. The molecular formula is C52H85N15O24. The lowest BCUT2D eigenvalue weighted by Crippen LogP contribution is -2.61. The number of primary amides is 3. The molecule has 0 aliphatic rings. The highest BCUT2D eigenvalue weighted by Crippen LogP contribution is 2.11. The van der Waals surface area contributed by atoms with Crippen molar-refractivity contribution in [3.8, 4) is 0 Å². The van der Waals surface area contributed by atoms with Crippen molar-refractivity contribution in [1.29, 1.82) is 0 Å². The van der Waals surface area contributed by atoms with E-state index in [2.05, 4.69) is 58.5 Å². The summed E-state index contributed by atoms with van der Waals surface area (Å²) in [6, 6.07) is -18.8. The van der Waals surface area contributed by atoms with Crippen molar-refractivity contribution < 1.29 is 117 Å². The summed E-state index contributed by atoms with van der Waals surface area (Å²) in [6.45, 7) is 6.37. The molecule has 91 heavy (non-hydrogen) atoms. The Morgan fingerprint density at radius 3 is 1.13 bits per heavy atom. The van der Waals surface area contributed by atoms with Gasteiger partial charge in [-0.25, -0.2) is 0 Å². The number of nitrogens with one attached hydrogen (secondary N) is 11. The van der Waals surface area contributed by atoms with Crippen LogP contribution in [0.1, 0.15) is 119 Å². The number of aliphatic hydroxyl groups is 2. The van der Waals surface area contributed by atoms with E-state index in [9.17, 15) is 112 Å². The van der Waals surface area contributed by atoms with E-state index in [1.165, 1.54) is 0 Å². The lowest BCUT2D eigenvalue weighted by atomic mass is 10.0. The van der Waals surface area contributed by atoms with Gasteiger partial charge in [-0.3, -0.25) is 86.3 Å². The largest absolute Gasteiger partial charge is 0.481 e. The second kappa shape index (κ2) is 40.8. The fourth-order valence-electron chi connectivity index (χ4n) is 7.82. The molecule has 0 aromatic carbocycles. The smallest absolute Gasteiger partial charge is 0.303 e. The number of hydrogen-bond donors (Lipinski definition) is 21. The van der Waals surface area contributed by atoms with Gasteiger partial charge < -0.3 is 112 Å². The molecule has 39 nitrogen and oxygen atoms in total. The Labute approximate surface area is 519 Å². The molecule has 0 aliphatic heterocycles. The van der Waals surface area contributed by atoms with Gasteiger partial charge in [0, 0.05) is 32.1 Å². The second-order valence-electron chi connectivity index (χ2n) is 21.6. The van der Waals surface area contributed by atoms with Gasteiger partial charge in [0.1, 0.15) is 60.4 Å². The van der Waals surface area contributed by atoms with Gasteiger partial charge >= 0.3 is 23.9 Å². The van der Waals surface area contributed by atoms with Gasteiger partial charge in [-0.15, -0.1) is 0 Å². The molecular weight excluding hydrogens is 1220 g/mol. The zero-order chi connectivity index (χ0) is 70.2. The van der Waals surface area contributed by atoms with Crippen LogP contribution in [0.5, 0.6) is 0 Å². The number of aliphatic hydroxyl groups excluding tert-OH is 2. The number of rotatable bonds is 45. The third-order valence-corrected chi connectivity index (χ3v) is 12.9. The molecule has 0 bridgehead atoms. The van der Waals surface area contributed by atoms with Gasteiger partial charge in [-0.05, 0) is 64.2 Å². The molecule has 512 valence electrons. The third kappa shape index (κ3) is 32.9. The Morgan fingerprint density at radius 2 is 0.736 bits per heavy atom. The number of carboxylic acids is 4. The van der Waals surface area contributed by atoms with Crippen LogP contribution in [0.2, 0.25) is 0 Å². The van der Waals surface area contributed by atoms with Crippen LogP contribution in [-0.4, -0.2) is 223 Å². The quantitative estimate of drug-likeness (QED) is 0.0269. The Hall–Kier alpha value is -9.66. The summed E-state index contributed by atoms with van der Waals surface area (Å²) < 4.78 is 0. The molecule has 0 aliphatic carbocycles. The van der Waals surface area contributed by atoms with E-state index in [0.717, 1.165) is 13.8 Å². The molecule has 0 spiro atoms. The van der Waals surface area contributed by atoms with Gasteiger partial charge in [-0.1, -0.05) is 27.7 Å². The molecule has 0 radical (unpaired) electrons. The monoisotopic (exact) mass is 1300 g/mol. The van der Waals surface area contributed by atoms with Crippen molar-refractivity contribution in [2.45, 2.75) is 191 Å². The maximum atomic E-state index is 13.8. The van der Waals surface area contributed by atoms with Crippen LogP contribution in [0.25, 0.3) is 0 Å². The predicted molar refractivity (Wildman–Crippen MR) is 308 cm³/mol. The van der Waals surface area contributed by atoms with Crippen LogP contribution in [0, 0.1) is 11.8 Å². The molecule has 0 aromatic rings. The van der Waals surface area contributed by atoms with E-state index in [1.54, 1.807) is 27.7 Å². The topological polar surface area (TPSA) is 665 Å². The molecule has 0 saturated carbocycles. The third-order valence-electron chi connectivity index (χ3n) is 12.9. The van der Waals surface area contributed by atoms with Gasteiger partial charge in [0.15, 0.2) is 0 Å². The van der Waals surface area contributed by atoms with Gasteiger partial charge in [0.25, 0.3) is 0 Å². The van der Waals surface area contributed by atoms with E-state index >= 15 is 0 Å². The number of carbonyl (C=O) groups excluding carboxylic acids is 14. The zero-order valence-electron chi connectivity index (χ0n) is 50.8. The summed E-state index contributed by atoms with van der Waals surface area (Å²) >= 11 is 0. The van der Waals surface area contributed by atoms with E-state index in [1.807, 2.05) is 0 Å². The standard InChI is InChI=1S/C52H85N15O24/c1-21(2)17-30(48(87)66-32(20-68)50(89)65-31(18-34(54)71)49(88)62-28(10-15-38(77)78)45(84)59-25(42(56)81)8-13-36(73)74)64-47(86)27(9-14-37(75)76)60-43(82)23(5)58-35(72)19-57-44(83)26(7-12-33(53)70)61-46(85)29(11-16-39(79)80)63-52(91)41(24(6)69)67-51(90)40(55)22(3)4/h21-32,40-41,68-69H,7-20,55H2,1-6H3,(H2,53,70)(H2,54,71)(H2,56,81)(H,57,83)(H,58,72)(H,59,84)(H,60,82)(H,61,85)(H,62,88)(H,63,91)(H,64,86)(H,65,89)(H,66,87)(H,67,90)(H,73,74)(H,75,76)(H,77,78)(H,79,80)/t23-,24+,25-,26-,27-,28-,29-,30-,31-,32-,40-,41-/m0/s1. The molecule has 0 saturated heterocycles. The number of carboxylic acid groups (broad SMARTS) is 4. The second-order valence-corrected chi connectivity index (χ2v) is 21.6. The SMILES string of the molecule is CC(C)C[C@H](NC(=O)[C@H](CCC(=O)O)NC(=O)[C@H](C)NC(=O)CNC(=O)[C@H](CCC(N)=O)NC(=O)[C@H](CCC(=O)O)NC(=O)[C@@H](NC(=O)[C@@H](N)C(C)C)[C@@H](C)O)C(=O)N[C@@H](CO)C(=O)N[C@@H](CC(N)=O)C(=O)N[C@@H](CCC(=O)O)C(=O)N[C@@H](CCC(=O)O)C(N)=O. The molecule has 25 N–H and O–H groups in total. The van der Waals surface area contributed by atoms with Crippen LogP contribution in [0.4, 0.5) is 0 Å². The Kier molecular flexibility index (Phi) is 36.5. The number of nitrogens with two attached hydrogens (primary N) is 4. The molecule has 0 unspecified atom stereocenters. The minimum Gasteiger partial charge on any atom is -0.481 e. The molecule has 14 amide bonds. The Bertz CT molecular complexity index is 2660. The van der Waals surface area contributed by atoms with Crippen molar-refractivity contribution in [2.75, 3.05) is 13.2 Å². The van der Waals surface area contributed by atoms with E-state index < -0.39 is 275 Å². The average molecular weight is 1300 g/mol. The van der Waals surface area contributed by atoms with Gasteiger partial charge in [-0.2, -0.15) is 0 Å². The first-order valence-corrected chi connectivity index (χ1v) is 28.3. The minimum absolute atomic E-state index is 0.247. The molecule has 0 rings (SSSR count). The lowest BCUT2D eigenvalue weighted by Gasteiger charge is -2.27. The summed E-state index contributed by atoms with van der Waals surface area (Å²) in [5.41, 5.74) is 21.6. The molecule has 0 heterocycles. The van der Waals surface area contributed by atoms with Gasteiger partial charge in [0.05, 0.1) is 31.7 Å². The van der Waals surface area contributed by atoms with Crippen molar-refractivity contribution in [3.05, 3.63) is 0 Å².